The number of nitrogens with zero attached hydrogens (tertiary/aromatic N) is 5. The zero-order valence-corrected chi connectivity index (χ0v) is 19.3. The number of fused-ring (bicyclic) bond motifs is 1. The Hall–Kier alpha value is -1.72. The summed E-state index contributed by atoms with van der Waals surface area (Å²) in [6.07, 6.45) is 7.18. The molecule has 2 atom stereocenters. The van der Waals surface area contributed by atoms with E-state index in [0.29, 0.717) is 5.56 Å². The maximum atomic E-state index is 9.40. The molecule has 0 unspecified atom stereocenters. The van der Waals surface area contributed by atoms with Gasteiger partial charge in [-0.05, 0) is 70.9 Å². The number of anilines is 1. The number of ether oxygens (including phenoxy) is 1. The summed E-state index contributed by atoms with van der Waals surface area (Å²) in [5.74, 6) is 0. The van der Waals surface area contributed by atoms with Gasteiger partial charge in [0, 0.05) is 25.7 Å². The molecular weight excluding hydrogens is 406 g/mol. The van der Waals surface area contributed by atoms with Gasteiger partial charge in [-0.15, -0.1) is 11.3 Å². The number of hydrogen-bond donors (Lipinski definition) is 0. The Labute approximate surface area is 189 Å². The maximum absolute atomic E-state index is 9.40. The van der Waals surface area contributed by atoms with Crippen molar-refractivity contribution in [2.24, 2.45) is 0 Å². The van der Waals surface area contributed by atoms with Crippen molar-refractivity contribution < 1.29 is 4.74 Å². The third kappa shape index (κ3) is 4.58. The van der Waals surface area contributed by atoms with Gasteiger partial charge in [-0.3, -0.25) is 0 Å². The molecule has 166 valence electrons. The second-order valence-electron chi connectivity index (χ2n) is 9.38. The lowest BCUT2D eigenvalue weighted by Crippen LogP contribution is -2.53. The van der Waals surface area contributed by atoms with Crippen molar-refractivity contribution in [1.29, 1.82) is 5.26 Å². The summed E-state index contributed by atoms with van der Waals surface area (Å²) in [6.45, 7) is 9.95. The number of benzene rings is 1. The molecule has 3 aliphatic rings. The van der Waals surface area contributed by atoms with Crippen molar-refractivity contribution in [3.63, 3.8) is 0 Å². The van der Waals surface area contributed by atoms with Gasteiger partial charge in [-0.25, -0.2) is 4.98 Å². The van der Waals surface area contributed by atoms with E-state index in [0.717, 1.165) is 35.9 Å². The summed E-state index contributed by atoms with van der Waals surface area (Å²) in [7, 11) is 0. The summed E-state index contributed by atoms with van der Waals surface area (Å²) < 4.78 is 7.48. The number of likely N-dealkylation sites (tertiary alicyclic amines) is 2. The van der Waals surface area contributed by atoms with Gasteiger partial charge < -0.3 is 19.4 Å². The van der Waals surface area contributed by atoms with Gasteiger partial charge in [-0.1, -0.05) is 6.42 Å². The lowest BCUT2D eigenvalue weighted by molar-refractivity contribution is -0.0380. The molecule has 0 amide bonds. The molecule has 7 heteroatoms. The minimum atomic E-state index is 0.197. The summed E-state index contributed by atoms with van der Waals surface area (Å²) in [5.41, 5.74) is 4.54. The highest BCUT2D eigenvalue weighted by Gasteiger charge is 2.31. The van der Waals surface area contributed by atoms with Crippen LogP contribution in [0.4, 0.5) is 5.69 Å². The van der Waals surface area contributed by atoms with Crippen LogP contribution in [0.3, 0.4) is 0 Å². The van der Waals surface area contributed by atoms with Crippen molar-refractivity contribution in [2.75, 3.05) is 50.7 Å². The molecular formula is C24H33N5OS. The first kappa shape index (κ1) is 21.1. The zero-order valence-electron chi connectivity index (χ0n) is 18.5. The molecule has 3 fully saturated rings. The standard InChI is InChI=1S/C24H33N5OS/c1-18-14-29(22-6-5-19(13-25)23-24(22)31-17-26-23)16-21(30-18)15-27-11-7-20(8-12-27)28-9-3-2-4-10-28/h5-6,17-18,20-21H,2-4,7-12,14-16H2,1H3/t18-,21+/m1/s1. The topological polar surface area (TPSA) is 55.6 Å². The van der Waals surface area contributed by atoms with Crippen molar-refractivity contribution in [2.45, 2.75) is 57.3 Å². The van der Waals surface area contributed by atoms with Gasteiger partial charge in [0.15, 0.2) is 0 Å². The van der Waals surface area contributed by atoms with Gasteiger partial charge in [0.25, 0.3) is 0 Å². The van der Waals surface area contributed by atoms with E-state index in [2.05, 4.69) is 38.7 Å². The molecule has 1 aromatic heterocycles. The molecule has 5 rings (SSSR count). The lowest BCUT2D eigenvalue weighted by atomic mass is 9.99. The Morgan fingerprint density at radius 3 is 2.71 bits per heavy atom. The smallest absolute Gasteiger partial charge is 0.101 e. The van der Waals surface area contributed by atoms with Gasteiger partial charge >= 0.3 is 0 Å². The molecule has 0 saturated carbocycles. The molecule has 3 saturated heterocycles. The first-order chi connectivity index (χ1) is 15.2. The van der Waals surface area contributed by atoms with Crippen molar-refractivity contribution >= 4 is 27.2 Å². The van der Waals surface area contributed by atoms with Crippen LogP contribution in [0.5, 0.6) is 0 Å². The monoisotopic (exact) mass is 439 g/mol. The Morgan fingerprint density at radius 2 is 1.94 bits per heavy atom. The number of thiazole rings is 1. The molecule has 0 N–H and O–H groups in total. The van der Waals surface area contributed by atoms with Crippen LogP contribution in [0.25, 0.3) is 10.2 Å². The van der Waals surface area contributed by atoms with E-state index in [4.69, 9.17) is 4.74 Å². The fraction of sp³-hybridized carbons (Fsp3) is 0.667. The van der Waals surface area contributed by atoms with Crippen LogP contribution in [0.1, 0.15) is 44.6 Å². The Kier molecular flexibility index (Phi) is 6.42. The first-order valence-electron chi connectivity index (χ1n) is 11.8. The third-order valence-electron chi connectivity index (χ3n) is 7.18. The molecule has 0 radical (unpaired) electrons. The van der Waals surface area contributed by atoms with Gasteiger partial charge in [0.05, 0.1) is 33.7 Å². The Balaban J connectivity index is 1.22. The van der Waals surface area contributed by atoms with Crippen molar-refractivity contribution in [1.82, 2.24) is 14.8 Å². The quantitative estimate of drug-likeness (QED) is 0.724. The summed E-state index contributed by atoms with van der Waals surface area (Å²) in [5, 5.41) is 9.40. The normalized spacial score (nSPS) is 26.9. The second-order valence-corrected chi connectivity index (χ2v) is 10.2. The average molecular weight is 440 g/mol. The number of hydrogen-bond acceptors (Lipinski definition) is 7. The molecule has 6 nitrogen and oxygen atoms in total. The van der Waals surface area contributed by atoms with Crippen LogP contribution in [0.15, 0.2) is 17.6 Å². The fourth-order valence-electron chi connectivity index (χ4n) is 5.66. The third-order valence-corrected chi connectivity index (χ3v) is 8.03. The average Bonchev–Trinajstić information content (AvgIpc) is 3.29. The Bertz CT molecular complexity index is 926. The van der Waals surface area contributed by atoms with E-state index in [1.165, 1.54) is 64.0 Å². The van der Waals surface area contributed by atoms with E-state index in [-0.39, 0.29) is 12.2 Å². The minimum Gasteiger partial charge on any atom is -0.370 e. The second kappa shape index (κ2) is 9.41. The molecule has 4 heterocycles. The van der Waals surface area contributed by atoms with Crippen LogP contribution < -0.4 is 4.90 Å². The molecule has 3 aliphatic heterocycles. The molecule has 31 heavy (non-hydrogen) atoms. The van der Waals surface area contributed by atoms with Crippen LogP contribution in [0.2, 0.25) is 0 Å². The lowest BCUT2D eigenvalue weighted by Gasteiger charge is -2.43. The summed E-state index contributed by atoms with van der Waals surface area (Å²) in [6, 6.07) is 7.08. The van der Waals surface area contributed by atoms with E-state index in [1.807, 2.05) is 11.6 Å². The summed E-state index contributed by atoms with van der Waals surface area (Å²) >= 11 is 1.63. The molecule has 2 aromatic rings. The highest BCUT2D eigenvalue weighted by molar-refractivity contribution is 7.17. The van der Waals surface area contributed by atoms with Crippen molar-refractivity contribution in [3.05, 3.63) is 23.2 Å². The van der Waals surface area contributed by atoms with Gasteiger partial charge in [0.1, 0.15) is 11.6 Å². The number of rotatable bonds is 4. The summed E-state index contributed by atoms with van der Waals surface area (Å²) in [4.78, 5) is 12.3. The van der Waals surface area contributed by atoms with Crippen LogP contribution in [0, 0.1) is 11.3 Å². The van der Waals surface area contributed by atoms with Crippen LogP contribution in [-0.2, 0) is 4.74 Å². The van der Waals surface area contributed by atoms with Crippen molar-refractivity contribution in [3.8, 4) is 6.07 Å². The number of aromatic nitrogens is 1. The number of nitriles is 1. The predicted molar refractivity (Wildman–Crippen MR) is 126 cm³/mol. The SMILES string of the molecule is C[C@@H]1CN(c2ccc(C#N)c3ncsc23)C[C@H](CN2CCC(N3CCCCC3)CC2)O1. The first-order valence-corrected chi connectivity index (χ1v) is 12.7. The molecule has 0 bridgehead atoms. The van der Waals surface area contributed by atoms with E-state index < -0.39 is 0 Å². The zero-order chi connectivity index (χ0) is 21.2. The highest BCUT2D eigenvalue weighted by atomic mass is 32.1. The fourth-order valence-corrected chi connectivity index (χ4v) is 6.51. The predicted octanol–water partition coefficient (Wildman–Crippen LogP) is 3.71. The van der Waals surface area contributed by atoms with E-state index in [1.54, 1.807) is 11.3 Å². The van der Waals surface area contributed by atoms with E-state index >= 15 is 0 Å². The number of piperidine rings is 2. The molecule has 0 aliphatic carbocycles. The van der Waals surface area contributed by atoms with E-state index in [9.17, 15) is 5.26 Å². The van der Waals surface area contributed by atoms with Crippen LogP contribution in [-0.4, -0.2) is 78.8 Å². The number of morpholine rings is 1. The minimum absolute atomic E-state index is 0.197. The van der Waals surface area contributed by atoms with Crippen LogP contribution >= 0.6 is 11.3 Å². The largest absolute Gasteiger partial charge is 0.370 e. The Morgan fingerprint density at radius 1 is 1.13 bits per heavy atom. The van der Waals surface area contributed by atoms with Gasteiger partial charge in [0.2, 0.25) is 0 Å². The maximum Gasteiger partial charge on any atom is 0.101 e. The van der Waals surface area contributed by atoms with Gasteiger partial charge in [-0.2, -0.15) is 5.26 Å². The highest BCUT2D eigenvalue weighted by Crippen LogP contribution is 2.34. The molecule has 0 spiro atoms. The molecule has 1 aromatic carbocycles.